The van der Waals surface area contributed by atoms with Gasteiger partial charge in [-0.05, 0) is 56.3 Å². The molecule has 1 N–H and O–H groups in total. The van der Waals surface area contributed by atoms with Crippen LogP contribution in [-0.4, -0.2) is 38.0 Å². The van der Waals surface area contributed by atoms with Crippen molar-refractivity contribution >= 4 is 23.9 Å². The number of rotatable bonds is 9. The van der Waals surface area contributed by atoms with Gasteiger partial charge in [0.05, 0.1) is 18.8 Å². The van der Waals surface area contributed by atoms with Crippen LogP contribution in [0.2, 0.25) is 0 Å². The van der Waals surface area contributed by atoms with Crippen molar-refractivity contribution in [2.45, 2.75) is 13.8 Å². The second-order valence-electron chi connectivity index (χ2n) is 5.39. The van der Waals surface area contributed by atoms with Crippen molar-refractivity contribution in [3.63, 3.8) is 0 Å². The van der Waals surface area contributed by atoms with E-state index in [4.69, 9.17) is 14.2 Å². The molecular formula is C20H21NO6. The van der Waals surface area contributed by atoms with Gasteiger partial charge in [-0.3, -0.25) is 9.59 Å². The van der Waals surface area contributed by atoms with E-state index in [0.717, 1.165) is 0 Å². The highest BCUT2D eigenvalue weighted by molar-refractivity contribution is 5.93. The number of amides is 1. The Labute approximate surface area is 157 Å². The quantitative estimate of drug-likeness (QED) is 0.538. The molecule has 0 unspecified atom stereocenters. The summed E-state index contributed by atoms with van der Waals surface area (Å²) in [6.45, 7) is 4.00. The third-order valence-electron chi connectivity index (χ3n) is 3.44. The van der Waals surface area contributed by atoms with E-state index in [1.807, 2.05) is 6.92 Å². The summed E-state index contributed by atoms with van der Waals surface area (Å²) >= 11 is 0. The van der Waals surface area contributed by atoms with E-state index in [1.54, 1.807) is 49.4 Å². The monoisotopic (exact) mass is 371 g/mol. The van der Waals surface area contributed by atoms with Gasteiger partial charge >= 0.3 is 5.97 Å². The summed E-state index contributed by atoms with van der Waals surface area (Å²) in [5, 5.41) is 2.67. The van der Waals surface area contributed by atoms with Crippen molar-refractivity contribution in [1.82, 2.24) is 0 Å². The third kappa shape index (κ3) is 5.85. The van der Waals surface area contributed by atoms with Crippen LogP contribution in [-0.2, 0) is 9.53 Å². The first-order chi connectivity index (χ1) is 13.1. The lowest BCUT2D eigenvalue weighted by Crippen LogP contribution is -2.20. The first-order valence-electron chi connectivity index (χ1n) is 8.49. The zero-order valence-corrected chi connectivity index (χ0v) is 15.2. The summed E-state index contributed by atoms with van der Waals surface area (Å²) < 4.78 is 15.8. The number of hydrogen-bond acceptors (Lipinski definition) is 6. The predicted molar refractivity (Wildman–Crippen MR) is 99.5 cm³/mol. The third-order valence-corrected chi connectivity index (χ3v) is 3.44. The highest BCUT2D eigenvalue weighted by Crippen LogP contribution is 2.28. The zero-order chi connectivity index (χ0) is 19.6. The van der Waals surface area contributed by atoms with E-state index in [2.05, 4.69) is 5.32 Å². The molecule has 142 valence electrons. The number of aldehydes is 1. The van der Waals surface area contributed by atoms with Crippen LogP contribution in [0.1, 0.15) is 34.6 Å². The molecule has 0 atom stereocenters. The first-order valence-corrected chi connectivity index (χ1v) is 8.49. The van der Waals surface area contributed by atoms with Crippen molar-refractivity contribution < 1.29 is 28.6 Å². The van der Waals surface area contributed by atoms with E-state index in [0.29, 0.717) is 47.8 Å². The van der Waals surface area contributed by atoms with Crippen molar-refractivity contribution in [2.75, 3.05) is 25.1 Å². The van der Waals surface area contributed by atoms with Crippen LogP contribution in [0.4, 0.5) is 5.69 Å². The van der Waals surface area contributed by atoms with Crippen LogP contribution in [0.15, 0.2) is 42.5 Å². The SMILES string of the molecule is CCOC(=O)c1ccc(NC(=O)COc2ccc(C=O)cc2OCC)cc1. The smallest absolute Gasteiger partial charge is 0.338 e. The Bertz CT molecular complexity index is 801. The molecule has 7 heteroatoms. The van der Waals surface area contributed by atoms with Crippen molar-refractivity contribution in [2.24, 2.45) is 0 Å². The predicted octanol–water partition coefficient (Wildman–Crippen LogP) is 3.09. The average molecular weight is 371 g/mol. The Hall–Kier alpha value is -3.35. The van der Waals surface area contributed by atoms with Crippen molar-refractivity contribution in [3.8, 4) is 11.5 Å². The van der Waals surface area contributed by atoms with Gasteiger partial charge in [0.1, 0.15) is 6.29 Å². The molecule has 7 nitrogen and oxygen atoms in total. The second-order valence-corrected chi connectivity index (χ2v) is 5.39. The zero-order valence-electron chi connectivity index (χ0n) is 15.2. The van der Waals surface area contributed by atoms with Gasteiger partial charge in [0, 0.05) is 11.3 Å². The molecular weight excluding hydrogens is 350 g/mol. The highest BCUT2D eigenvalue weighted by atomic mass is 16.5. The molecule has 0 aromatic heterocycles. The number of benzene rings is 2. The van der Waals surface area contributed by atoms with E-state index >= 15 is 0 Å². The summed E-state index contributed by atoms with van der Waals surface area (Å²) in [7, 11) is 0. The van der Waals surface area contributed by atoms with Crippen molar-refractivity contribution in [3.05, 3.63) is 53.6 Å². The van der Waals surface area contributed by atoms with Crippen LogP contribution in [0.5, 0.6) is 11.5 Å². The average Bonchev–Trinajstić information content (AvgIpc) is 2.68. The van der Waals surface area contributed by atoms with Gasteiger partial charge < -0.3 is 19.5 Å². The molecule has 0 bridgehead atoms. The Kier molecular flexibility index (Phi) is 7.37. The van der Waals surface area contributed by atoms with Crippen LogP contribution in [0.3, 0.4) is 0 Å². The van der Waals surface area contributed by atoms with Gasteiger partial charge in [0.2, 0.25) is 0 Å². The van der Waals surface area contributed by atoms with Crippen LogP contribution in [0.25, 0.3) is 0 Å². The summed E-state index contributed by atoms with van der Waals surface area (Å²) in [6.07, 6.45) is 0.707. The van der Waals surface area contributed by atoms with E-state index < -0.39 is 5.97 Å². The number of anilines is 1. The highest BCUT2D eigenvalue weighted by Gasteiger charge is 2.10. The molecule has 0 radical (unpaired) electrons. The van der Waals surface area contributed by atoms with Crippen LogP contribution >= 0.6 is 0 Å². The molecule has 0 aliphatic rings. The molecule has 2 rings (SSSR count). The van der Waals surface area contributed by atoms with Crippen molar-refractivity contribution in [1.29, 1.82) is 0 Å². The topological polar surface area (TPSA) is 90.9 Å². The van der Waals surface area contributed by atoms with E-state index in [1.165, 1.54) is 0 Å². The molecule has 1 amide bonds. The summed E-state index contributed by atoms with van der Waals surface area (Å²) in [4.78, 5) is 34.5. The first kappa shape index (κ1) is 20.0. The number of ether oxygens (including phenoxy) is 3. The number of hydrogen-bond donors (Lipinski definition) is 1. The normalized spacial score (nSPS) is 10.0. The Morgan fingerprint density at radius 2 is 1.70 bits per heavy atom. The fourth-order valence-corrected chi connectivity index (χ4v) is 2.23. The Morgan fingerprint density at radius 1 is 0.963 bits per heavy atom. The molecule has 2 aromatic rings. The van der Waals surface area contributed by atoms with E-state index in [9.17, 15) is 14.4 Å². The molecule has 0 aliphatic heterocycles. The van der Waals surface area contributed by atoms with E-state index in [-0.39, 0.29) is 12.5 Å². The molecule has 0 saturated heterocycles. The summed E-state index contributed by atoms with van der Waals surface area (Å²) in [5.74, 6) is -0.0225. The van der Waals surface area contributed by atoms with Gasteiger partial charge in [0.25, 0.3) is 5.91 Å². The number of nitrogens with one attached hydrogen (secondary N) is 1. The van der Waals surface area contributed by atoms with Gasteiger partial charge in [-0.15, -0.1) is 0 Å². The minimum absolute atomic E-state index is 0.236. The minimum Gasteiger partial charge on any atom is -0.490 e. The molecule has 0 heterocycles. The maximum absolute atomic E-state index is 12.1. The molecule has 0 saturated carbocycles. The maximum atomic E-state index is 12.1. The van der Waals surface area contributed by atoms with Gasteiger partial charge in [-0.1, -0.05) is 0 Å². The second kappa shape index (κ2) is 9.96. The molecule has 0 aliphatic carbocycles. The van der Waals surface area contributed by atoms with Gasteiger partial charge in [-0.25, -0.2) is 4.79 Å². The fourth-order valence-electron chi connectivity index (χ4n) is 2.23. The maximum Gasteiger partial charge on any atom is 0.338 e. The van der Waals surface area contributed by atoms with Crippen LogP contribution < -0.4 is 14.8 Å². The lowest BCUT2D eigenvalue weighted by Gasteiger charge is -2.12. The molecule has 0 spiro atoms. The molecule has 0 fully saturated rings. The number of carbonyl (C=O) groups excluding carboxylic acids is 3. The lowest BCUT2D eigenvalue weighted by atomic mass is 10.2. The lowest BCUT2D eigenvalue weighted by molar-refractivity contribution is -0.118. The standard InChI is InChI=1S/C20H21NO6/c1-3-25-18-11-14(12-22)5-10-17(18)27-13-19(23)21-16-8-6-15(7-9-16)20(24)26-4-2/h5-12H,3-4,13H2,1-2H3,(H,21,23). The fraction of sp³-hybridized carbons (Fsp3) is 0.250. The van der Waals surface area contributed by atoms with Gasteiger partial charge in [0.15, 0.2) is 18.1 Å². The largest absolute Gasteiger partial charge is 0.490 e. The number of esters is 1. The van der Waals surface area contributed by atoms with Gasteiger partial charge in [-0.2, -0.15) is 0 Å². The molecule has 2 aromatic carbocycles. The number of carbonyl (C=O) groups is 3. The summed E-state index contributed by atoms with van der Waals surface area (Å²) in [6, 6.07) is 11.1. The molecule has 27 heavy (non-hydrogen) atoms. The van der Waals surface area contributed by atoms with Crippen LogP contribution in [0, 0.1) is 0 Å². The Morgan fingerprint density at radius 3 is 2.33 bits per heavy atom. The minimum atomic E-state index is -0.416. The summed E-state index contributed by atoms with van der Waals surface area (Å²) in [5.41, 5.74) is 1.39. The Balaban J connectivity index is 1.94.